The molecule has 126 valence electrons. The Morgan fingerprint density at radius 1 is 0.958 bits per heavy atom. The number of piperazine rings is 1. The predicted molar refractivity (Wildman–Crippen MR) is 103 cm³/mol. The minimum Gasteiger partial charge on any atom is -0.368 e. The molecule has 2 amide bonds. The van der Waals surface area contributed by atoms with Gasteiger partial charge in [0.1, 0.15) is 0 Å². The van der Waals surface area contributed by atoms with Crippen LogP contribution in [-0.2, 0) is 0 Å². The monoisotopic (exact) mass is 387 g/mol. The van der Waals surface area contributed by atoms with Crippen molar-refractivity contribution >= 4 is 33.3 Å². The van der Waals surface area contributed by atoms with E-state index in [0.29, 0.717) is 0 Å². The van der Waals surface area contributed by atoms with E-state index in [-0.39, 0.29) is 6.03 Å². The number of para-hydroxylation sites is 2. The van der Waals surface area contributed by atoms with Gasteiger partial charge in [-0.2, -0.15) is 0 Å². The summed E-state index contributed by atoms with van der Waals surface area (Å²) in [6, 6.07) is 14.0. The molecular formula is C19H22BrN3O. The van der Waals surface area contributed by atoms with Crippen molar-refractivity contribution in [3.8, 4) is 0 Å². The lowest BCUT2D eigenvalue weighted by atomic mass is 10.1. The molecule has 1 N–H and O–H groups in total. The fourth-order valence-corrected chi connectivity index (χ4v) is 3.58. The van der Waals surface area contributed by atoms with Crippen LogP contribution in [0.25, 0.3) is 0 Å². The number of aryl methyl sites for hydroxylation is 2. The molecule has 0 spiro atoms. The molecule has 24 heavy (non-hydrogen) atoms. The summed E-state index contributed by atoms with van der Waals surface area (Å²) >= 11 is 3.46. The van der Waals surface area contributed by atoms with Crippen molar-refractivity contribution in [3.63, 3.8) is 0 Å². The zero-order valence-corrected chi connectivity index (χ0v) is 15.6. The van der Waals surface area contributed by atoms with Crippen LogP contribution in [0.3, 0.4) is 0 Å². The van der Waals surface area contributed by atoms with E-state index in [4.69, 9.17) is 0 Å². The number of urea groups is 1. The minimum absolute atomic E-state index is 0.0388. The van der Waals surface area contributed by atoms with Crippen LogP contribution in [0.4, 0.5) is 16.2 Å². The highest BCUT2D eigenvalue weighted by molar-refractivity contribution is 9.10. The van der Waals surface area contributed by atoms with Gasteiger partial charge >= 0.3 is 6.03 Å². The molecule has 1 heterocycles. The van der Waals surface area contributed by atoms with Crippen LogP contribution < -0.4 is 10.2 Å². The van der Waals surface area contributed by atoms with Crippen molar-refractivity contribution < 1.29 is 4.79 Å². The molecule has 3 rings (SSSR count). The van der Waals surface area contributed by atoms with Crippen molar-refractivity contribution in [2.75, 3.05) is 36.4 Å². The van der Waals surface area contributed by atoms with Gasteiger partial charge in [0, 0.05) is 36.3 Å². The molecular weight excluding hydrogens is 366 g/mol. The molecule has 2 aromatic carbocycles. The van der Waals surface area contributed by atoms with Gasteiger partial charge in [-0.25, -0.2) is 4.79 Å². The molecule has 1 aliphatic rings. The van der Waals surface area contributed by atoms with Gasteiger partial charge in [-0.3, -0.25) is 0 Å². The first-order valence-electron chi connectivity index (χ1n) is 8.18. The van der Waals surface area contributed by atoms with Gasteiger partial charge in [0.05, 0.1) is 5.69 Å². The maximum atomic E-state index is 12.5. The third-order valence-corrected chi connectivity index (χ3v) is 5.13. The number of amides is 2. The van der Waals surface area contributed by atoms with Gasteiger partial charge < -0.3 is 15.1 Å². The molecule has 2 aromatic rings. The number of rotatable bonds is 2. The molecule has 0 saturated carbocycles. The van der Waals surface area contributed by atoms with E-state index in [0.717, 1.165) is 36.3 Å². The Hall–Kier alpha value is -2.01. The molecule has 0 aliphatic carbocycles. The van der Waals surface area contributed by atoms with Gasteiger partial charge in [0.25, 0.3) is 0 Å². The van der Waals surface area contributed by atoms with E-state index in [1.54, 1.807) is 0 Å². The van der Waals surface area contributed by atoms with Crippen LogP contribution in [0.5, 0.6) is 0 Å². The first-order chi connectivity index (χ1) is 11.6. The Morgan fingerprint density at radius 3 is 2.21 bits per heavy atom. The second-order valence-corrected chi connectivity index (χ2v) is 6.98. The van der Waals surface area contributed by atoms with E-state index in [9.17, 15) is 4.79 Å². The third kappa shape index (κ3) is 3.56. The summed E-state index contributed by atoms with van der Waals surface area (Å²) in [5.74, 6) is 0. The molecule has 0 unspecified atom stereocenters. The van der Waals surface area contributed by atoms with Crippen molar-refractivity contribution in [2.24, 2.45) is 0 Å². The van der Waals surface area contributed by atoms with Crippen LogP contribution in [0, 0.1) is 13.8 Å². The highest BCUT2D eigenvalue weighted by Crippen LogP contribution is 2.26. The Balaban J connectivity index is 1.63. The fourth-order valence-electron chi connectivity index (χ4n) is 3.19. The van der Waals surface area contributed by atoms with E-state index in [2.05, 4.69) is 58.2 Å². The molecule has 0 aromatic heterocycles. The number of nitrogens with zero attached hydrogens (tertiary/aromatic N) is 2. The van der Waals surface area contributed by atoms with E-state index < -0.39 is 0 Å². The van der Waals surface area contributed by atoms with Crippen molar-refractivity contribution in [3.05, 3.63) is 58.1 Å². The second-order valence-electron chi connectivity index (χ2n) is 6.12. The van der Waals surface area contributed by atoms with Gasteiger partial charge in [-0.1, -0.05) is 30.3 Å². The molecule has 0 bridgehead atoms. The normalized spacial score (nSPS) is 14.6. The predicted octanol–water partition coefficient (Wildman–Crippen LogP) is 4.42. The maximum absolute atomic E-state index is 12.5. The topological polar surface area (TPSA) is 35.6 Å². The number of halogens is 1. The summed E-state index contributed by atoms with van der Waals surface area (Å²) in [5, 5.41) is 2.98. The van der Waals surface area contributed by atoms with Crippen molar-refractivity contribution in [2.45, 2.75) is 13.8 Å². The summed E-state index contributed by atoms with van der Waals surface area (Å²) in [5.41, 5.74) is 4.70. The van der Waals surface area contributed by atoms with Crippen LogP contribution in [0.2, 0.25) is 0 Å². The molecule has 4 nitrogen and oxygen atoms in total. The Labute approximate surface area is 151 Å². The summed E-state index contributed by atoms with van der Waals surface area (Å²) in [7, 11) is 0. The SMILES string of the molecule is Cc1cccc(C)c1N1CCN(C(=O)Nc2ccccc2Br)CC1. The molecule has 0 atom stereocenters. The fraction of sp³-hybridized carbons (Fsp3) is 0.316. The first-order valence-corrected chi connectivity index (χ1v) is 8.97. The van der Waals surface area contributed by atoms with Crippen LogP contribution >= 0.6 is 15.9 Å². The number of carbonyl (C=O) groups is 1. The van der Waals surface area contributed by atoms with Crippen LogP contribution in [0.1, 0.15) is 11.1 Å². The number of anilines is 2. The number of carbonyl (C=O) groups excluding carboxylic acids is 1. The Bertz CT molecular complexity index is 719. The lowest BCUT2D eigenvalue weighted by molar-refractivity contribution is 0.208. The molecule has 0 radical (unpaired) electrons. The average Bonchev–Trinajstić information content (AvgIpc) is 2.57. The lowest BCUT2D eigenvalue weighted by Gasteiger charge is -2.37. The number of nitrogens with one attached hydrogen (secondary N) is 1. The van der Waals surface area contributed by atoms with Crippen LogP contribution in [0.15, 0.2) is 46.9 Å². The quantitative estimate of drug-likeness (QED) is 0.827. The number of hydrogen-bond donors (Lipinski definition) is 1. The maximum Gasteiger partial charge on any atom is 0.321 e. The molecule has 1 fully saturated rings. The molecule has 1 aliphatic heterocycles. The van der Waals surface area contributed by atoms with E-state index in [1.165, 1.54) is 16.8 Å². The minimum atomic E-state index is -0.0388. The largest absolute Gasteiger partial charge is 0.368 e. The summed E-state index contributed by atoms with van der Waals surface area (Å²) in [6.45, 7) is 7.46. The van der Waals surface area contributed by atoms with Crippen LogP contribution in [-0.4, -0.2) is 37.1 Å². The molecule has 5 heteroatoms. The highest BCUT2D eigenvalue weighted by atomic mass is 79.9. The van der Waals surface area contributed by atoms with E-state index in [1.807, 2.05) is 29.2 Å². The molecule has 1 saturated heterocycles. The Morgan fingerprint density at radius 2 is 1.58 bits per heavy atom. The first kappa shape index (κ1) is 16.8. The zero-order valence-electron chi connectivity index (χ0n) is 14.1. The van der Waals surface area contributed by atoms with Crippen molar-refractivity contribution in [1.29, 1.82) is 0 Å². The highest BCUT2D eigenvalue weighted by Gasteiger charge is 2.23. The standard InChI is InChI=1S/C19H22BrN3O/c1-14-6-5-7-15(2)18(14)22-10-12-23(13-11-22)19(24)21-17-9-4-3-8-16(17)20/h3-9H,10-13H2,1-2H3,(H,21,24). The number of hydrogen-bond acceptors (Lipinski definition) is 2. The smallest absolute Gasteiger partial charge is 0.321 e. The zero-order chi connectivity index (χ0) is 17.1. The summed E-state index contributed by atoms with van der Waals surface area (Å²) in [6.07, 6.45) is 0. The Kier molecular flexibility index (Phi) is 5.09. The van der Waals surface area contributed by atoms with Gasteiger partial charge in [-0.15, -0.1) is 0 Å². The van der Waals surface area contributed by atoms with Crippen molar-refractivity contribution in [1.82, 2.24) is 4.90 Å². The van der Waals surface area contributed by atoms with Gasteiger partial charge in [0.2, 0.25) is 0 Å². The van der Waals surface area contributed by atoms with Gasteiger partial charge in [-0.05, 0) is 53.0 Å². The summed E-state index contributed by atoms with van der Waals surface area (Å²) < 4.78 is 0.896. The average molecular weight is 388 g/mol. The number of benzene rings is 2. The van der Waals surface area contributed by atoms with Gasteiger partial charge in [0.15, 0.2) is 0 Å². The van der Waals surface area contributed by atoms with E-state index >= 15 is 0 Å². The second kappa shape index (κ2) is 7.26. The lowest BCUT2D eigenvalue weighted by Crippen LogP contribution is -2.50. The summed E-state index contributed by atoms with van der Waals surface area (Å²) in [4.78, 5) is 16.7. The third-order valence-electron chi connectivity index (χ3n) is 4.44.